The van der Waals surface area contributed by atoms with Crippen molar-refractivity contribution in [1.82, 2.24) is 10.1 Å². The Morgan fingerprint density at radius 2 is 2.19 bits per heavy atom. The largest absolute Gasteiger partial charge is 0.480 e. The van der Waals surface area contributed by atoms with Crippen molar-refractivity contribution in [2.45, 2.75) is 36.3 Å². The van der Waals surface area contributed by atoms with E-state index in [2.05, 4.69) is 16.2 Å². The lowest BCUT2D eigenvalue weighted by atomic mass is 10.1. The maximum Gasteiger partial charge on any atom is 0.228 e. The van der Waals surface area contributed by atoms with Gasteiger partial charge in [-0.25, -0.2) is 0 Å². The van der Waals surface area contributed by atoms with Crippen LogP contribution in [0.4, 0.5) is 0 Å². The highest BCUT2D eigenvalue weighted by molar-refractivity contribution is 7.99. The van der Waals surface area contributed by atoms with Gasteiger partial charge < -0.3 is 15.0 Å². The number of nitrogens with two attached hydrogens (primary N) is 1. The van der Waals surface area contributed by atoms with Crippen LogP contribution in [0.5, 0.6) is 5.75 Å². The van der Waals surface area contributed by atoms with Gasteiger partial charge >= 0.3 is 0 Å². The maximum absolute atomic E-state index is 6.10. The molecule has 1 aromatic heterocycles. The highest BCUT2D eigenvalue weighted by Gasteiger charge is 2.31. The summed E-state index contributed by atoms with van der Waals surface area (Å²) < 4.78 is 11.3. The minimum Gasteiger partial charge on any atom is -0.480 e. The topological polar surface area (TPSA) is 74.2 Å². The van der Waals surface area contributed by atoms with Crippen molar-refractivity contribution >= 4 is 11.8 Å². The van der Waals surface area contributed by atoms with Crippen molar-refractivity contribution in [1.29, 1.82) is 0 Å². The van der Waals surface area contributed by atoms with Crippen LogP contribution in [0.2, 0.25) is 0 Å². The van der Waals surface area contributed by atoms with Crippen molar-refractivity contribution in [3.05, 3.63) is 36.0 Å². The summed E-state index contributed by atoms with van der Waals surface area (Å²) in [5, 5.41) is 4.07. The summed E-state index contributed by atoms with van der Waals surface area (Å²) in [6.07, 6.45) is 2.95. The van der Waals surface area contributed by atoms with Crippen molar-refractivity contribution < 1.29 is 9.26 Å². The molecule has 2 aromatic rings. The highest BCUT2D eigenvalue weighted by Crippen LogP contribution is 2.39. The van der Waals surface area contributed by atoms with Gasteiger partial charge in [0.05, 0.1) is 0 Å². The summed E-state index contributed by atoms with van der Waals surface area (Å²) in [4.78, 5) is 5.62. The van der Waals surface area contributed by atoms with E-state index in [0.717, 1.165) is 16.4 Å². The number of ether oxygens (including phenoxy) is 1. The van der Waals surface area contributed by atoms with Gasteiger partial charge in [0.25, 0.3) is 0 Å². The highest BCUT2D eigenvalue weighted by atomic mass is 32.2. The molecule has 0 bridgehead atoms. The van der Waals surface area contributed by atoms with Crippen LogP contribution in [-0.2, 0) is 6.42 Å². The predicted octanol–water partition coefficient (Wildman–Crippen LogP) is 2.58. The zero-order valence-corrected chi connectivity index (χ0v) is 12.4. The van der Waals surface area contributed by atoms with Crippen LogP contribution in [-0.4, -0.2) is 21.9 Å². The fraction of sp³-hybridized carbons (Fsp3) is 0.467. The number of aromatic nitrogens is 2. The van der Waals surface area contributed by atoms with E-state index in [-0.39, 0.29) is 12.1 Å². The van der Waals surface area contributed by atoms with E-state index in [4.69, 9.17) is 15.0 Å². The van der Waals surface area contributed by atoms with Crippen LogP contribution in [0.25, 0.3) is 0 Å². The van der Waals surface area contributed by atoms with Crippen LogP contribution in [0.1, 0.15) is 30.7 Å². The van der Waals surface area contributed by atoms with Crippen molar-refractivity contribution in [3.8, 4) is 5.75 Å². The molecule has 1 fully saturated rings. The number of fused-ring (bicyclic) bond motifs is 1. The van der Waals surface area contributed by atoms with Crippen LogP contribution in [0.15, 0.2) is 33.7 Å². The molecular formula is C15H17N3O2S. The maximum atomic E-state index is 6.10. The predicted molar refractivity (Wildman–Crippen MR) is 79.2 cm³/mol. The van der Waals surface area contributed by atoms with Gasteiger partial charge in [0.2, 0.25) is 11.7 Å². The molecular weight excluding hydrogens is 286 g/mol. The molecule has 2 heterocycles. The molecule has 1 aliphatic heterocycles. The van der Waals surface area contributed by atoms with E-state index >= 15 is 0 Å². The minimum absolute atomic E-state index is 0.140. The second-order valence-electron chi connectivity index (χ2n) is 5.62. The molecule has 1 aliphatic carbocycles. The first-order valence-electron chi connectivity index (χ1n) is 7.26. The van der Waals surface area contributed by atoms with Crippen LogP contribution < -0.4 is 10.5 Å². The average molecular weight is 303 g/mol. The van der Waals surface area contributed by atoms with Crippen molar-refractivity contribution in [2.24, 2.45) is 11.7 Å². The number of nitrogens with zero attached hydrogens (tertiary/aromatic N) is 2. The third kappa shape index (κ3) is 2.78. The van der Waals surface area contributed by atoms with E-state index in [0.29, 0.717) is 24.1 Å². The second-order valence-corrected chi connectivity index (χ2v) is 6.68. The van der Waals surface area contributed by atoms with Crippen LogP contribution in [0.3, 0.4) is 0 Å². The molecule has 1 aromatic carbocycles. The number of thioether (sulfide) groups is 1. The first-order valence-corrected chi connectivity index (χ1v) is 8.24. The number of para-hydroxylation sites is 1. The smallest absolute Gasteiger partial charge is 0.228 e. The lowest BCUT2D eigenvalue weighted by Gasteiger charge is -2.22. The van der Waals surface area contributed by atoms with Gasteiger partial charge in [-0.3, -0.25) is 0 Å². The Morgan fingerprint density at radius 1 is 1.33 bits per heavy atom. The first-order chi connectivity index (χ1) is 10.3. The second kappa shape index (κ2) is 5.35. The van der Waals surface area contributed by atoms with Gasteiger partial charge in [0, 0.05) is 23.1 Å². The van der Waals surface area contributed by atoms with E-state index in [1.165, 1.54) is 12.8 Å². The summed E-state index contributed by atoms with van der Waals surface area (Å²) >= 11 is 1.76. The summed E-state index contributed by atoms with van der Waals surface area (Å²) in [7, 11) is 0. The van der Waals surface area contributed by atoms with Crippen molar-refractivity contribution in [3.63, 3.8) is 0 Å². The van der Waals surface area contributed by atoms with Gasteiger partial charge in [0.1, 0.15) is 5.75 Å². The minimum atomic E-state index is -0.153. The summed E-state index contributed by atoms with van der Waals surface area (Å²) in [5.74, 6) is 3.56. The lowest BCUT2D eigenvalue weighted by molar-refractivity contribution is 0.205. The van der Waals surface area contributed by atoms with Crippen LogP contribution in [0, 0.1) is 5.92 Å². The fourth-order valence-corrected chi connectivity index (χ4v) is 3.50. The Balaban J connectivity index is 1.46. The fourth-order valence-electron chi connectivity index (χ4n) is 2.52. The van der Waals surface area contributed by atoms with E-state index in [1.807, 2.05) is 18.2 Å². The number of hydrogen-bond donors (Lipinski definition) is 1. The Kier molecular flexibility index (Phi) is 3.35. The first kappa shape index (κ1) is 13.2. The van der Waals surface area contributed by atoms with Gasteiger partial charge in [-0.2, -0.15) is 4.98 Å². The number of hydrogen-bond acceptors (Lipinski definition) is 6. The monoisotopic (exact) mass is 303 g/mol. The molecule has 0 spiro atoms. The molecule has 21 heavy (non-hydrogen) atoms. The average Bonchev–Trinajstić information content (AvgIpc) is 3.27. The number of rotatable bonds is 4. The molecule has 2 N–H and O–H groups in total. The molecule has 0 radical (unpaired) electrons. The third-order valence-corrected chi connectivity index (χ3v) is 5.04. The van der Waals surface area contributed by atoms with E-state index in [1.54, 1.807) is 11.8 Å². The molecule has 0 amide bonds. The Hall–Kier alpha value is -1.53. The number of benzene rings is 1. The van der Waals surface area contributed by atoms with Crippen molar-refractivity contribution in [2.75, 3.05) is 5.75 Å². The third-order valence-electron chi connectivity index (χ3n) is 3.92. The molecule has 0 saturated heterocycles. The Bertz CT molecular complexity index is 641. The molecule has 6 heteroatoms. The standard InChI is InChI=1S/C15H17N3O2S/c16-10(9-5-6-9)7-14-17-15(18-20-14)12-8-21-13-4-2-1-3-11(13)19-12/h1-4,9-10,12H,5-8,16H2. The quantitative estimate of drug-likeness (QED) is 0.935. The molecule has 2 unspecified atom stereocenters. The summed E-state index contributed by atoms with van der Waals surface area (Å²) in [6, 6.07) is 8.16. The van der Waals surface area contributed by atoms with E-state index < -0.39 is 0 Å². The Morgan fingerprint density at radius 3 is 3.05 bits per heavy atom. The van der Waals surface area contributed by atoms with Gasteiger partial charge in [-0.1, -0.05) is 17.3 Å². The molecule has 1 saturated carbocycles. The normalized spacial score (nSPS) is 22.4. The van der Waals surface area contributed by atoms with Gasteiger partial charge in [0.15, 0.2) is 6.10 Å². The SMILES string of the molecule is NC(Cc1nc(C2CSc3ccccc3O2)no1)C1CC1. The molecule has 5 nitrogen and oxygen atoms in total. The zero-order chi connectivity index (χ0) is 14.2. The van der Waals surface area contributed by atoms with E-state index in [9.17, 15) is 0 Å². The lowest BCUT2D eigenvalue weighted by Crippen LogP contribution is -2.25. The van der Waals surface area contributed by atoms with Crippen LogP contribution >= 0.6 is 11.8 Å². The van der Waals surface area contributed by atoms with Gasteiger partial charge in [-0.15, -0.1) is 11.8 Å². The van der Waals surface area contributed by atoms with Gasteiger partial charge in [-0.05, 0) is 30.9 Å². The molecule has 4 rings (SSSR count). The Labute approximate surface area is 127 Å². The molecule has 2 atom stereocenters. The summed E-state index contributed by atoms with van der Waals surface area (Å²) in [6.45, 7) is 0. The molecule has 110 valence electrons. The summed E-state index contributed by atoms with van der Waals surface area (Å²) in [5.41, 5.74) is 6.10. The molecule has 2 aliphatic rings. The zero-order valence-electron chi connectivity index (χ0n) is 11.6.